The van der Waals surface area contributed by atoms with Gasteiger partial charge in [0.05, 0.1) is 5.56 Å². The lowest BCUT2D eigenvalue weighted by Crippen LogP contribution is -2.38. The van der Waals surface area contributed by atoms with Crippen molar-refractivity contribution >= 4 is 11.6 Å². The summed E-state index contributed by atoms with van der Waals surface area (Å²) < 4.78 is 0. The molecule has 0 fully saturated rings. The number of rotatable bonds is 1. The van der Waals surface area contributed by atoms with Gasteiger partial charge in [-0.3, -0.25) is 4.79 Å². The molecule has 0 spiro atoms. The van der Waals surface area contributed by atoms with Crippen LogP contribution in [0.3, 0.4) is 0 Å². The first-order valence-electron chi connectivity index (χ1n) is 6.39. The van der Waals surface area contributed by atoms with Crippen molar-refractivity contribution in [1.29, 1.82) is 0 Å². The third kappa shape index (κ3) is 2.08. The molecule has 3 rings (SSSR count). The Balaban J connectivity index is 2.00. The van der Waals surface area contributed by atoms with Crippen LogP contribution >= 0.6 is 0 Å². The van der Waals surface area contributed by atoms with Crippen LogP contribution in [0.4, 0.5) is 5.69 Å². The van der Waals surface area contributed by atoms with Crippen LogP contribution in [0.2, 0.25) is 0 Å². The molecule has 2 N–H and O–H groups in total. The van der Waals surface area contributed by atoms with E-state index in [0.717, 1.165) is 22.4 Å². The first-order chi connectivity index (χ1) is 9.15. The first-order valence-corrected chi connectivity index (χ1v) is 6.39. The number of carbonyl (C=O) groups is 1. The van der Waals surface area contributed by atoms with E-state index in [-0.39, 0.29) is 12.1 Å². The lowest BCUT2D eigenvalue weighted by atomic mass is 10.0. The van der Waals surface area contributed by atoms with Gasteiger partial charge in [0, 0.05) is 5.69 Å². The van der Waals surface area contributed by atoms with Crippen molar-refractivity contribution in [2.75, 3.05) is 5.32 Å². The summed E-state index contributed by atoms with van der Waals surface area (Å²) in [6.07, 6.45) is -0.165. The molecular weight excluding hydrogens is 236 g/mol. The van der Waals surface area contributed by atoms with E-state index in [4.69, 9.17) is 0 Å². The zero-order valence-electron chi connectivity index (χ0n) is 11.0. The van der Waals surface area contributed by atoms with E-state index in [1.807, 2.05) is 50.2 Å². The van der Waals surface area contributed by atoms with E-state index in [0.29, 0.717) is 0 Å². The van der Waals surface area contributed by atoms with Crippen LogP contribution in [0.1, 0.15) is 33.2 Å². The van der Waals surface area contributed by atoms with Gasteiger partial charge in [-0.25, -0.2) is 0 Å². The third-order valence-electron chi connectivity index (χ3n) is 3.45. The van der Waals surface area contributed by atoms with Crippen LogP contribution in [0, 0.1) is 13.8 Å². The summed E-state index contributed by atoms with van der Waals surface area (Å²) in [4.78, 5) is 12.2. The molecule has 1 aliphatic heterocycles. The molecule has 1 atom stereocenters. The highest BCUT2D eigenvalue weighted by Crippen LogP contribution is 2.28. The minimum Gasteiger partial charge on any atom is -0.361 e. The maximum atomic E-state index is 12.2. The summed E-state index contributed by atoms with van der Waals surface area (Å²) in [5.41, 5.74) is 4.89. The monoisotopic (exact) mass is 252 g/mol. The van der Waals surface area contributed by atoms with E-state index in [9.17, 15) is 4.79 Å². The van der Waals surface area contributed by atoms with Gasteiger partial charge in [-0.15, -0.1) is 0 Å². The molecule has 96 valence electrons. The molecule has 1 amide bonds. The molecule has 0 radical (unpaired) electrons. The van der Waals surface area contributed by atoms with E-state index in [2.05, 4.69) is 16.7 Å². The van der Waals surface area contributed by atoms with Crippen molar-refractivity contribution in [3.8, 4) is 0 Å². The predicted molar refractivity (Wildman–Crippen MR) is 76.2 cm³/mol. The van der Waals surface area contributed by atoms with Gasteiger partial charge >= 0.3 is 0 Å². The Morgan fingerprint density at radius 3 is 2.58 bits per heavy atom. The molecule has 19 heavy (non-hydrogen) atoms. The zero-order chi connectivity index (χ0) is 13.4. The molecule has 0 aliphatic carbocycles. The summed E-state index contributed by atoms with van der Waals surface area (Å²) >= 11 is 0. The fourth-order valence-electron chi connectivity index (χ4n) is 2.50. The highest BCUT2D eigenvalue weighted by atomic mass is 16.2. The van der Waals surface area contributed by atoms with Crippen LogP contribution < -0.4 is 10.6 Å². The van der Waals surface area contributed by atoms with E-state index >= 15 is 0 Å². The van der Waals surface area contributed by atoms with Crippen LogP contribution in [0.5, 0.6) is 0 Å². The smallest absolute Gasteiger partial charge is 0.255 e. The Kier molecular flexibility index (Phi) is 2.75. The quantitative estimate of drug-likeness (QED) is 0.818. The zero-order valence-corrected chi connectivity index (χ0v) is 11.0. The number of hydrogen-bond acceptors (Lipinski definition) is 2. The third-order valence-corrected chi connectivity index (χ3v) is 3.45. The van der Waals surface area contributed by atoms with Crippen molar-refractivity contribution in [3.63, 3.8) is 0 Å². The molecule has 3 nitrogen and oxygen atoms in total. The number of aryl methyl sites for hydroxylation is 2. The van der Waals surface area contributed by atoms with Crippen molar-refractivity contribution < 1.29 is 4.79 Å². The summed E-state index contributed by atoms with van der Waals surface area (Å²) in [5, 5.41) is 6.39. The number of hydrogen-bond donors (Lipinski definition) is 2. The van der Waals surface area contributed by atoms with Crippen LogP contribution in [-0.4, -0.2) is 5.91 Å². The second kappa shape index (κ2) is 4.43. The van der Waals surface area contributed by atoms with Gasteiger partial charge in [-0.2, -0.15) is 0 Å². The topological polar surface area (TPSA) is 41.1 Å². The number of benzene rings is 2. The number of fused-ring (bicyclic) bond motifs is 1. The Morgan fingerprint density at radius 1 is 1.00 bits per heavy atom. The molecular formula is C16H16N2O. The number of amides is 1. The van der Waals surface area contributed by atoms with Gasteiger partial charge in [-0.1, -0.05) is 42.0 Å². The van der Waals surface area contributed by atoms with Crippen LogP contribution in [0.15, 0.2) is 42.5 Å². The predicted octanol–water partition coefficient (Wildman–Crippen LogP) is 3.16. The summed E-state index contributed by atoms with van der Waals surface area (Å²) in [6.45, 7) is 4.00. The lowest BCUT2D eigenvalue weighted by Gasteiger charge is -2.29. The van der Waals surface area contributed by atoms with Gasteiger partial charge in [0.25, 0.3) is 5.91 Å². The average Bonchev–Trinajstić information content (AvgIpc) is 2.38. The number of carbonyl (C=O) groups excluding carboxylic acids is 1. The minimum absolute atomic E-state index is 0.0154. The summed E-state index contributed by atoms with van der Waals surface area (Å²) in [5.74, 6) is -0.0154. The molecule has 3 heteroatoms. The molecule has 1 unspecified atom stereocenters. The normalized spacial score (nSPS) is 17.4. The maximum absolute atomic E-state index is 12.2. The molecule has 2 aromatic rings. The first kappa shape index (κ1) is 11.8. The van der Waals surface area contributed by atoms with Crippen molar-refractivity contribution in [3.05, 3.63) is 64.7 Å². The van der Waals surface area contributed by atoms with Crippen molar-refractivity contribution in [1.82, 2.24) is 5.32 Å². The standard InChI is InChI=1S/C16H16N2O/c1-10-5-3-7-12(9-10)15-17-13-8-4-6-11(2)14(13)16(19)18-15/h3-9,15,17H,1-2H3,(H,18,19). The second-order valence-electron chi connectivity index (χ2n) is 4.96. The van der Waals surface area contributed by atoms with E-state index in [1.165, 1.54) is 5.56 Å². The number of anilines is 1. The van der Waals surface area contributed by atoms with Crippen LogP contribution in [-0.2, 0) is 0 Å². The molecule has 1 heterocycles. The largest absolute Gasteiger partial charge is 0.361 e. The fourth-order valence-corrected chi connectivity index (χ4v) is 2.50. The Morgan fingerprint density at radius 2 is 1.79 bits per heavy atom. The minimum atomic E-state index is -0.165. The highest BCUT2D eigenvalue weighted by molar-refractivity contribution is 6.03. The molecule has 0 bridgehead atoms. The number of nitrogens with one attached hydrogen (secondary N) is 2. The fraction of sp³-hybridized carbons (Fsp3) is 0.188. The molecule has 0 saturated heterocycles. The molecule has 0 saturated carbocycles. The maximum Gasteiger partial charge on any atom is 0.255 e. The molecule has 2 aromatic carbocycles. The van der Waals surface area contributed by atoms with Crippen molar-refractivity contribution in [2.24, 2.45) is 0 Å². The Hall–Kier alpha value is -2.29. The van der Waals surface area contributed by atoms with Gasteiger partial charge in [-0.05, 0) is 31.0 Å². The van der Waals surface area contributed by atoms with E-state index in [1.54, 1.807) is 0 Å². The van der Waals surface area contributed by atoms with Crippen molar-refractivity contribution in [2.45, 2.75) is 20.0 Å². The molecule has 1 aliphatic rings. The van der Waals surface area contributed by atoms with Gasteiger partial charge in [0.15, 0.2) is 0 Å². The average molecular weight is 252 g/mol. The van der Waals surface area contributed by atoms with Gasteiger partial charge in [0.2, 0.25) is 0 Å². The molecule has 0 aromatic heterocycles. The van der Waals surface area contributed by atoms with Gasteiger partial charge in [0.1, 0.15) is 6.17 Å². The lowest BCUT2D eigenvalue weighted by molar-refractivity contribution is 0.0935. The van der Waals surface area contributed by atoms with Crippen LogP contribution in [0.25, 0.3) is 0 Å². The van der Waals surface area contributed by atoms with E-state index < -0.39 is 0 Å². The van der Waals surface area contributed by atoms with Gasteiger partial charge < -0.3 is 10.6 Å². The Bertz CT molecular complexity index is 649. The highest BCUT2D eigenvalue weighted by Gasteiger charge is 2.25. The summed E-state index contributed by atoms with van der Waals surface area (Å²) in [7, 11) is 0. The second-order valence-corrected chi connectivity index (χ2v) is 4.96. The SMILES string of the molecule is Cc1cccc(C2NC(=O)c3c(C)cccc3N2)c1. The summed E-state index contributed by atoms with van der Waals surface area (Å²) in [6, 6.07) is 14.0. The Labute approximate surface area is 112 Å².